The molecule has 1 aromatic heterocycles. The van der Waals surface area contributed by atoms with Gasteiger partial charge in [-0.25, -0.2) is 4.98 Å². The van der Waals surface area contributed by atoms with Crippen molar-refractivity contribution < 1.29 is 4.74 Å². The molecule has 3 nitrogen and oxygen atoms in total. The van der Waals surface area contributed by atoms with Crippen molar-refractivity contribution in [3.63, 3.8) is 0 Å². The Kier molecular flexibility index (Phi) is 4.63. The molecule has 0 aliphatic heterocycles. The number of aryl methyl sites for hydroxylation is 1. The van der Waals surface area contributed by atoms with Gasteiger partial charge in [0.25, 0.3) is 0 Å². The van der Waals surface area contributed by atoms with Gasteiger partial charge < -0.3 is 10.1 Å². The Morgan fingerprint density at radius 1 is 1.14 bits per heavy atom. The molecule has 112 valence electrons. The minimum atomic E-state index is 0.154. The average molecular weight is 284 g/mol. The van der Waals surface area contributed by atoms with Crippen molar-refractivity contribution in [2.75, 3.05) is 7.05 Å². The first-order valence-electron chi connectivity index (χ1n) is 7.28. The van der Waals surface area contributed by atoms with Crippen LogP contribution in [0.2, 0.25) is 0 Å². The van der Waals surface area contributed by atoms with Crippen LogP contribution in [0.4, 0.5) is 0 Å². The zero-order valence-corrected chi connectivity index (χ0v) is 13.5. The Hall–Kier alpha value is -1.87. The summed E-state index contributed by atoms with van der Waals surface area (Å²) in [6.07, 6.45) is 1.85. The zero-order chi connectivity index (χ0) is 15.5. The molecule has 21 heavy (non-hydrogen) atoms. The Morgan fingerprint density at radius 2 is 1.81 bits per heavy atom. The summed E-state index contributed by atoms with van der Waals surface area (Å²) in [4.78, 5) is 4.40. The molecule has 0 saturated carbocycles. The molecule has 0 atom stereocenters. The minimum Gasteiger partial charge on any atom is -0.439 e. The summed E-state index contributed by atoms with van der Waals surface area (Å²) in [5.74, 6) is 1.48. The van der Waals surface area contributed by atoms with Crippen LogP contribution >= 0.6 is 0 Å². The molecule has 0 unspecified atom stereocenters. The molecule has 0 aliphatic rings. The Balaban J connectivity index is 2.15. The molecular formula is C18H24N2O. The van der Waals surface area contributed by atoms with Crippen molar-refractivity contribution >= 4 is 0 Å². The smallest absolute Gasteiger partial charge is 0.222 e. The van der Waals surface area contributed by atoms with E-state index in [-0.39, 0.29) is 5.41 Å². The first-order chi connectivity index (χ1) is 9.90. The van der Waals surface area contributed by atoms with Crippen LogP contribution in [-0.2, 0) is 12.0 Å². The third-order valence-electron chi connectivity index (χ3n) is 3.40. The van der Waals surface area contributed by atoms with E-state index in [9.17, 15) is 0 Å². The van der Waals surface area contributed by atoms with Crippen molar-refractivity contribution in [3.05, 3.63) is 53.2 Å². The fourth-order valence-corrected chi connectivity index (χ4v) is 2.16. The lowest BCUT2D eigenvalue weighted by molar-refractivity contribution is 0.457. The quantitative estimate of drug-likeness (QED) is 0.913. The van der Waals surface area contributed by atoms with E-state index in [2.05, 4.69) is 49.3 Å². The number of nitrogens with zero attached hydrogens (tertiary/aromatic N) is 1. The SMILES string of the molecule is CNCc1cnc(Oc2ccc(C(C)(C)C)cc2)c(C)c1. The van der Waals surface area contributed by atoms with E-state index in [0.29, 0.717) is 5.88 Å². The number of nitrogens with one attached hydrogen (secondary N) is 1. The fraction of sp³-hybridized carbons (Fsp3) is 0.389. The molecule has 2 aromatic rings. The monoisotopic (exact) mass is 284 g/mol. The van der Waals surface area contributed by atoms with Crippen LogP contribution in [0.3, 0.4) is 0 Å². The van der Waals surface area contributed by atoms with Gasteiger partial charge in [-0.05, 0) is 48.7 Å². The van der Waals surface area contributed by atoms with Crippen LogP contribution in [-0.4, -0.2) is 12.0 Å². The number of hydrogen-bond donors (Lipinski definition) is 1. The molecule has 1 N–H and O–H groups in total. The molecule has 0 amide bonds. The van der Waals surface area contributed by atoms with Crippen LogP contribution in [0.25, 0.3) is 0 Å². The molecule has 2 rings (SSSR count). The number of ether oxygens (including phenoxy) is 1. The van der Waals surface area contributed by atoms with Crippen molar-refractivity contribution in [1.29, 1.82) is 0 Å². The summed E-state index contributed by atoms with van der Waals surface area (Å²) in [7, 11) is 1.93. The number of benzene rings is 1. The molecule has 3 heteroatoms. The van der Waals surface area contributed by atoms with E-state index in [0.717, 1.165) is 23.4 Å². The molecule has 0 aliphatic carbocycles. The molecule has 0 bridgehead atoms. The summed E-state index contributed by atoms with van der Waals surface area (Å²) in [5, 5.41) is 3.12. The maximum atomic E-state index is 5.88. The number of aromatic nitrogens is 1. The summed E-state index contributed by atoms with van der Waals surface area (Å²) in [6.45, 7) is 9.44. The second-order valence-corrected chi connectivity index (χ2v) is 6.37. The first kappa shape index (κ1) is 15.5. The molecule has 0 spiro atoms. The standard InChI is InChI=1S/C18H24N2O/c1-13-10-14(11-19-5)12-20-17(13)21-16-8-6-15(7-9-16)18(2,3)4/h6-10,12,19H,11H2,1-5H3. The summed E-state index contributed by atoms with van der Waals surface area (Å²) in [6, 6.07) is 10.3. The molecule has 0 saturated heterocycles. The van der Waals surface area contributed by atoms with Gasteiger partial charge in [0.15, 0.2) is 0 Å². The van der Waals surface area contributed by atoms with Gasteiger partial charge in [-0.15, -0.1) is 0 Å². The van der Waals surface area contributed by atoms with Crippen LogP contribution < -0.4 is 10.1 Å². The second-order valence-electron chi connectivity index (χ2n) is 6.37. The number of rotatable bonds is 4. The van der Waals surface area contributed by atoms with E-state index in [1.165, 1.54) is 5.56 Å². The molecule has 0 radical (unpaired) electrons. The van der Waals surface area contributed by atoms with E-state index in [4.69, 9.17) is 4.74 Å². The average Bonchev–Trinajstić information content (AvgIpc) is 2.42. The minimum absolute atomic E-state index is 0.154. The van der Waals surface area contributed by atoms with Crippen molar-refractivity contribution in [2.45, 2.75) is 39.7 Å². The third-order valence-corrected chi connectivity index (χ3v) is 3.40. The lowest BCUT2D eigenvalue weighted by Crippen LogP contribution is -2.10. The Labute approximate surface area is 127 Å². The molecule has 1 heterocycles. The largest absolute Gasteiger partial charge is 0.439 e. The number of hydrogen-bond acceptors (Lipinski definition) is 3. The van der Waals surface area contributed by atoms with Gasteiger partial charge in [-0.2, -0.15) is 0 Å². The van der Waals surface area contributed by atoms with Crippen molar-refractivity contribution in [2.24, 2.45) is 0 Å². The topological polar surface area (TPSA) is 34.2 Å². The normalized spacial score (nSPS) is 11.5. The first-order valence-corrected chi connectivity index (χ1v) is 7.28. The van der Waals surface area contributed by atoms with E-state index >= 15 is 0 Å². The van der Waals surface area contributed by atoms with E-state index in [1.54, 1.807) is 0 Å². The van der Waals surface area contributed by atoms with Crippen molar-refractivity contribution in [3.8, 4) is 11.6 Å². The third kappa shape index (κ3) is 4.05. The molecule has 1 aromatic carbocycles. The van der Waals surface area contributed by atoms with E-state index in [1.807, 2.05) is 32.3 Å². The highest BCUT2D eigenvalue weighted by molar-refractivity contribution is 5.36. The van der Waals surface area contributed by atoms with Gasteiger partial charge in [-0.1, -0.05) is 32.9 Å². The van der Waals surface area contributed by atoms with Gasteiger partial charge in [-0.3, -0.25) is 0 Å². The summed E-state index contributed by atoms with van der Waals surface area (Å²) in [5.41, 5.74) is 3.65. The maximum Gasteiger partial charge on any atom is 0.222 e. The van der Waals surface area contributed by atoms with Gasteiger partial charge in [0.05, 0.1) is 0 Å². The van der Waals surface area contributed by atoms with E-state index < -0.39 is 0 Å². The van der Waals surface area contributed by atoms with Gasteiger partial charge >= 0.3 is 0 Å². The second kappa shape index (κ2) is 6.27. The zero-order valence-electron chi connectivity index (χ0n) is 13.5. The van der Waals surface area contributed by atoms with Crippen LogP contribution in [0, 0.1) is 6.92 Å². The lowest BCUT2D eigenvalue weighted by atomic mass is 9.87. The molecular weight excluding hydrogens is 260 g/mol. The highest BCUT2D eigenvalue weighted by atomic mass is 16.5. The predicted molar refractivity (Wildman–Crippen MR) is 87.0 cm³/mol. The number of pyridine rings is 1. The fourth-order valence-electron chi connectivity index (χ4n) is 2.16. The summed E-state index contributed by atoms with van der Waals surface area (Å²) < 4.78 is 5.88. The van der Waals surface area contributed by atoms with Gasteiger partial charge in [0.1, 0.15) is 5.75 Å². The predicted octanol–water partition coefficient (Wildman–Crippen LogP) is 4.20. The van der Waals surface area contributed by atoms with Crippen LogP contribution in [0.5, 0.6) is 11.6 Å². The van der Waals surface area contributed by atoms with Crippen LogP contribution in [0.1, 0.15) is 37.5 Å². The van der Waals surface area contributed by atoms with Gasteiger partial charge in [0, 0.05) is 18.3 Å². The van der Waals surface area contributed by atoms with Crippen LogP contribution in [0.15, 0.2) is 36.5 Å². The Morgan fingerprint density at radius 3 is 2.33 bits per heavy atom. The lowest BCUT2D eigenvalue weighted by Gasteiger charge is -2.19. The highest BCUT2D eigenvalue weighted by Gasteiger charge is 2.13. The highest BCUT2D eigenvalue weighted by Crippen LogP contribution is 2.27. The van der Waals surface area contributed by atoms with Gasteiger partial charge in [0.2, 0.25) is 5.88 Å². The van der Waals surface area contributed by atoms with Crippen molar-refractivity contribution in [1.82, 2.24) is 10.3 Å². The molecule has 0 fully saturated rings. The summed E-state index contributed by atoms with van der Waals surface area (Å²) >= 11 is 0. The Bertz CT molecular complexity index is 598. The maximum absolute atomic E-state index is 5.88.